The van der Waals surface area contributed by atoms with E-state index in [1.807, 2.05) is 0 Å². The summed E-state index contributed by atoms with van der Waals surface area (Å²) in [6.07, 6.45) is 0. The maximum absolute atomic E-state index is 12.4. The Morgan fingerprint density at radius 2 is 1.85 bits per heavy atom. The van der Waals surface area contributed by atoms with Crippen molar-refractivity contribution in [2.75, 3.05) is 32.5 Å². The summed E-state index contributed by atoms with van der Waals surface area (Å²) < 4.78 is 42.2. The van der Waals surface area contributed by atoms with E-state index in [0.717, 1.165) is 0 Å². The molecule has 1 aliphatic heterocycles. The van der Waals surface area contributed by atoms with E-state index in [1.165, 1.54) is 37.3 Å². The second-order valence-corrected chi connectivity index (χ2v) is 7.70. The second kappa shape index (κ2) is 8.51. The second-order valence-electron chi connectivity index (χ2n) is 5.99. The first-order chi connectivity index (χ1) is 12.7. The SMILES string of the molecule is COC(=O)C1=C(C(=O)OC)N(c2cccc(S(=O)(=O)NC(C)C)c2)COC1. The van der Waals surface area contributed by atoms with Gasteiger partial charge in [0, 0.05) is 11.7 Å². The zero-order valence-corrected chi connectivity index (χ0v) is 16.3. The highest BCUT2D eigenvalue weighted by molar-refractivity contribution is 7.89. The highest BCUT2D eigenvalue weighted by atomic mass is 32.2. The largest absolute Gasteiger partial charge is 0.466 e. The molecule has 0 radical (unpaired) electrons. The molecule has 9 nitrogen and oxygen atoms in total. The molecule has 0 saturated heterocycles. The number of esters is 2. The number of ether oxygens (including phenoxy) is 3. The predicted octanol–water partition coefficient (Wildman–Crippen LogP) is 0.767. The summed E-state index contributed by atoms with van der Waals surface area (Å²) in [5.74, 6) is -1.49. The minimum atomic E-state index is -3.74. The molecule has 0 aliphatic carbocycles. The number of nitrogens with one attached hydrogen (secondary N) is 1. The number of rotatable bonds is 6. The molecule has 1 aliphatic rings. The lowest BCUT2D eigenvalue weighted by atomic mass is 10.1. The highest BCUT2D eigenvalue weighted by Gasteiger charge is 2.32. The van der Waals surface area contributed by atoms with Gasteiger partial charge in [0.15, 0.2) is 0 Å². The molecule has 1 N–H and O–H groups in total. The van der Waals surface area contributed by atoms with Gasteiger partial charge in [0.05, 0.1) is 31.3 Å². The van der Waals surface area contributed by atoms with Gasteiger partial charge in [-0.25, -0.2) is 22.7 Å². The molecule has 27 heavy (non-hydrogen) atoms. The zero-order chi connectivity index (χ0) is 20.2. The monoisotopic (exact) mass is 398 g/mol. The number of methoxy groups -OCH3 is 2. The third kappa shape index (κ3) is 4.65. The number of nitrogens with zero attached hydrogens (tertiary/aromatic N) is 1. The van der Waals surface area contributed by atoms with Crippen LogP contribution in [0.5, 0.6) is 0 Å². The van der Waals surface area contributed by atoms with Crippen LogP contribution >= 0.6 is 0 Å². The first-order valence-corrected chi connectivity index (χ1v) is 9.57. The third-order valence-corrected chi connectivity index (χ3v) is 5.32. The fourth-order valence-electron chi connectivity index (χ4n) is 2.54. The molecule has 2 rings (SSSR count). The molecule has 1 aromatic rings. The molecule has 1 aromatic carbocycles. The van der Waals surface area contributed by atoms with Crippen molar-refractivity contribution in [3.8, 4) is 0 Å². The van der Waals surface area contributed by atoms with Crippen LogP contribution in [0.3, 0.4) is 0 Å². The number of anilines is 1. The average molecular weight is 398 g/mol. The summed E-state index contributed by atoms with van der Waals surface area (Å²) in [5.41, 5.74) is 0.286. The highest BCUT2D eigenvalue weighted by Crippen LogP contribution is 2.28. The van der Waals surface area contributed by atoms with Crippen LogP contribution in [0.25, 0.3) is 0 Å². The molecule has 0 spiro atoms. The lowest BCUT2D eigenvalue weighted by Crippen LogP contribution is -2.39. The zero-order valence-electron chi connectivity index (χ0n) is 15.5. The van der Waals surface area contributed by atoms with Gasteiger partial charge in [-0.15, -0.1) is 0 Å². The summed E-state index contributed by atoms with van der Waals surface area (Å²) in [7, 11) is -1.37. The summed E-state index contributed by atoms with van der Waals surface area (Å²) in [4.78, 5) is 25.7. The fourth-order valence-corrected chi connectivity index (χ4v) is 3.83. The summed E-state index contributed by atoms with van der Waals surface area (Å²) in [5, 5.41) is 0. The Kier molecular flexibility index (Phi) is 6.58. The Bertz CT molecular complexity index is 862. The molecule has 10 heteroatoms. The van der Waals surface area contributed by atoms with E-state index in [2.05, 4.69) is 4.72 Å². The third-order valence-electron chi connectivity index (χ3n) is 3.66. The van der Waals surface area contributed by atoms with Crippen LogP contribution in [-0.2, 0) is 33.8 Å². The van der Waals surface area contributed by atoms with Crippen molar-refractivity contribution >= 4 is 27.6 Å². The van der Waals surface area contributed by atoms with Gasteiger partial charge in [-0.05, 0) is 32.0 Å². The van der Waals surface area contributed by atoms with Crippen LogP contribution in [0.4, 0.5) is 5.69 Å². The average Bonchev–Trinajstić information content (AvgIpc) is 2.65. The van der Waals surface area contributed by atoms with Crippen LogP contribution in [-0.4, -0.2) is 54.0 Å². The van der Waals surface area contributed by atoms with E-state index in [4.69, 9.17) is 14.2 Å². The van der Waals surface area contributed by atoms with E-state index >= 15 is 0 Å². The molecular weight excluding hydrogens is 376 g/mol. The van der Waals surface area contributed by atoms with Gasteiger partial charge in [-0.2, -0.15) is 0 Å². The van der Waals surface area contributed by atoms with Crippen molar-refractivity contribution in [3.63, 3.8) is 0 Å². The van der Waals surface area contributed by atoms with Crippen LogP contribution in [0.15, 0.2) is 40.4 Å². The van der Waals surface area contributed by atoms with Crippen molar-refractivity contribution in [1.29, 1.82) is 0 Å². The first kappa shape index (κ1) is 20.9. The van der Waals surface area contributed by atoms with Crippen molar-refractivity contribution in [3.05, 3.63) is 35.5 Å². The van der Waals surface area contributed by atoms with E-state index in [9.17, 15) is 18.0 Å². The van der Waals surface area contributed by atoms with E-state index in [-0.39, 0.29) is 35.5 Å². The van der Waals surface area contributed by atoms with Crippen LogP contribution in [0.2, 0.25) is 0 Å². The van der Waals surface area contributed by atoms with Gasteiger partial charge >= 0.3 is 11.9 Å². The number of sulfonamides is 1. The number of hydrogen-bond donors (Lipinski definition) is 1. The van der Waals surface area contributed by atoms with Crippen molar-refractivity contribution in [2.45, 2.75) is 24.8 Å². The van der Waals surface area contributed by atoms with E-state index < -0.39 is 22.0 Å². The Labute approximate surface area is 157 Å². The number of carbonyl (C=O) groups is 2. The fraction of sp³-hybridized carbons (Fsp3) is 0.412. The van der Waals surface area contributed by atoms with Gasteiger partial charge in [0.1, 0.15) is 12.4 Å². The Hall–Kier alpha value is -2.43. The van der Waals surface area contributed by atoms with Gasteiger partial charge in [0.2, 0.25) is 10.0 Å². The number of carbonyl (C=O) groups excluding carboxylic acids is 2. The maximum atomic E-state index is 12.4. The Morgan fingerprint density at radius 1 is 1.19 bits per heavy atom. The molecule has 0 saturated carbocycles. The Morgan fingerprint density at radius 3 is 2.44 bits per heavy atom. The van der Waals surface area contributed by atoms with Gasteiger partial charge in [0.25, 0.3) is 0 Å². The van der Waals surface area contributed by atoms with Crippen molar-refractivity contribution in [2.24, 2.45) is 0 Å². The molecule has 0 bridgehead atoms. The Balaban J connectivity index is 2.54. The molecule has 1 heterocycles. The van der Waals surface area contributed by atoms with Gasteiger partial charge in [-0.3, -0.25) is 0 Å². The molecule has 0 fully saturated rings. The smallest absolute Gasteiger partial charge is 0.355 e. The standard InChI is InChI=1S/C17H22N2O7S/c1-11(2)18-27(22,23)13-7-5-6-12(8-13)19-10-26-9-14(16(20)24-3)15(19)17(21)25-4/h5-8,11,18H,9-10H2,1-4H3. The van der Waals surface area contributed by atoms with Gasteiger partial charge < -0.3 is 19.1 Å². The first-order valence-electron chi connectivity index (χ1n) is 8.08. The number of hydrogen-bond acceptors (Lipinski definition) is 8. The van der Waals surface area contributed by atoms with Crippen molar-refractivity contribution in [1.82, 2.24) is 4.72 Å². The summed E-state index contributed by atoms with van der Waals surface area (Å²) >= 11 is 0. The predicted molar refractivity (Wildman–Crippen MR) is 96.3 cm³/mol. The molecule has 0 aromatic heterocycles. The van der Waals surface area contributed by atoms with Gasteiger partial charge in [-0.1, -0.05) is 6.07 Å². The molecular formula is C17H22N2O7S. The topological polar surface area (TPSA) is 111 Å². The van der Waals surface area contributed by atoms with E-state index in [1.54, 1.807) is 19.9 Å². The minimum absolute atomic E-state index is 0.0100. The molecule has 0 atom stereocenters. The van der Waals surface area contributed by atoms with Crippen LogP contribution in [0.1, 0.15) is 13.8 Å². The molecule has 0 unspecified atom stereocenters. The van der Waals surface area contributed by atoms with Crippen molar-refractivity contribution < 1.29 is 32.2 Å². The lowest BCUT2D eigenvalue weighted by Gasteiger charge is -2.31. The summed E-state index contributed by atoms with van der Waals surface area (Å²) in [6.45, 7) is 3.23. The molecule has 0 amide bonds. The molecule has 148 valence electrons. The quantitative estimate of drug-likeness (QED) is 0.700. The normalized spacial score (nSPS) is 15.1. The lowest BCUT2D eigenvalue weighted by molar-refractivity contribution is -0.140. The summed E-state index contributed by atoms with van der Waals surface area (Å²) in [6, 6.07) is 5.67. The maximum Gasteiger partial charge on any atom is 0.355 e. The van der Waals surface area contributed by atoms with Crippen LogP contribution in [0, 0.1) is 0 Å². The number of benzene rings is 1. The van der Waals surface area contributed by atoms with E-state index in [0.29, 0.717) is 5.69 Å². The van der Waals surface area contributed by atoms with Crippen LogP contribution < -0.4 is 9.62 Å². The minimum Gasteiger partial charge on any atom is -0.466 e.